The maximum atomic E-state index is 9.59. The molecule has 1 saturated heterocycles. The van der Waals surface area contributed by atoms with Crippen molar-refractivity contribution in [2.75, 3.05) is 20.2 Å². The number of nitrogens with zero attached hydrogens (tertiary/aromatic N) is 1. The Morgan fingerprint density at radius 3 is 3.00 bits per heavy atom. The van der Waals surface area contributed by atoms with Gasteiger partial charge in [-0.25, -0.2) is 0 Å². The summed E-state index contributed by atoms with van der Waals surface area (Å²) in [5.41, 5.74) is 1.58. The molecule has 1 aromatic rings. The summed E-state index contributed by atoms with van der Waals surface area (Å²) in [7, 11) is 1.87. The van der Waals surface area contributed by atoms with Crippen LogP contribution in [0.4, 0.5) is 0 Å². The number of likely N-dealkylation sites (tertiary alicyclic amines) is 1. The van der Waals surface area contributed by atoms with Crippen LogP contribution in [0.3, 0.4) is 0 Å². The Morgan fingerprint density at radius 2 is 2.20 bits per heavy atom. The van der Waals surface area contributed by atoms with E-state index in [4.69, 9.17) is 4.74 Å². The van der Waals surface area contributed by atoms with E-state index in [1.54, 1.807) is 6.07 Å². The number of hydrogen-bond donors (Lipinski definition) is 1. The number of ether oxygens (including phenoxy) is 1. The van der Waals surface area contributed by atoms with Crippen molar-refractivity contribution in [2.45, 2.75) is 44.8 Å². The quantitative estimate of drug-likeness (QED) is 0.919. The molecule has 0 aromatic heterocycles. The Bertz CT molecular complexity index is 462. The second-order valence-corrected chi connectivity index (χ2v) is 6.46. The molecule has 1 aliphatic heterocycles. The van der Waals surface area contributed by atoms with E-state index < -0.39 is 0 Å². The highest BCUT2D eigenvalue weighted by molar-refractivity contribution is 5.27. The fraction of sp³-hybridized carbons (Fsp3) is 0.647. The van der Waals surface area contributed by atoms with Gasteiger partial charge in [-0.15, -0.1) is 0 Å². The molecule has 20 heavy (non-hydrogen) atoms. The van der Waals surface area contributed by atoms with E-state index in [-0.39, 0.29) is 0 Å². The monoisotopic (exact) mass is 275 g/mol. The summed E-state index contributed by atoms with van der Waals surface area (Å²) in [5, 5.41) is 9.59. The third-order valence-corrected chi connectivity index (χ3v) is 5.11. The Hall–Kier alpha value is -1.06. The molecule has 1 heterocycles. The molecule has 1 aromatic carbocycles. The lowest BCUT2D eigenvalue weighted by atomic mass is 9.76. The summed E-state index contributed by atoms with van der Waals surface area (Å²) < 4.78 is 5.76. The third kappa shape index (κ3) is 2.70. The van der Waals surface area contributed by atoms with Gasteiger partial charge >= 0.3 is 0 Å². The summed E-state index contributed by atoms with van der Waals surface area (Å²) in [5.74, 6) is 0.366. The van der Waals surface area contributed by atoms with Gasteiger partial charge in [-0.05, 0) is 49.9 Å². The van der Waals surface area contributed by atoms with Gasteiger partial charge in [0, 0.05) is 25.6 Å². The predicted molar refractivity (Wildman–Crippen MR) is 79.7 cm³/mol. The molecule has 1 saturated carbocycles. The van der Waals surface area contributed by atoms with Crippen LogP contribution in [0.2, 0.25) is 0 Å². The van der Waals surface area contributed by atoms with Gasteiger partial charge in [-0.1, -0.05) is 18.6 Å². The molecular formula is C17H25NO2. The van der Waals surface area contributed by atoms with Gasteiger partial charge in [0.15, 0.2) is 0 Å². The minimum atomic E-state index is 0.366. The molecule has 3 heteroatoms. The molecule has 110 valence electrons. The van der Waals surface area contributed by atoms with Crippen molar-refractivity contribution < 1.29 is 9.84 Å². The first-order valence-electron chi connectivity index (χ1n) is 7.75. The lowest BCUT2D eigenvalue weighted by Gasteiger charge is -2.43. The zero-order chi connectivity index (χ0) is 14.0. The molecule has 0 unspecified atom stereocenters. The van der Waals surface area contributed by atoms with Crippen LogP contribution in [0.5, 0.6) is 5.75 Å². The zero-order valence-electron chi connectivity index (χ0n) is 12.3. The molecule has 2 atom stereocenters. The number of benzene rings is 1. The molecule has 1 aliphatic carbocycles. The van der Waals surface area contributed by atoms with Crippen molar-refractivity contribution in [3.05, 3.63) is 29.8 Å². The lowest BCUT2D eigenvalue weighted by Crippen LogP contribution is -2.47. The number of phenolic OH excluding ortho intramolecular Hbond substituents is 1. The van der Waals surface area contributed by atoms with Gasteiger partial charge < -0.3 is 9.84 Å². The number of methoxy groups -OCH3 is 1. The summed E-state index contributed by atoms with van der Waals surface area (Å²) in [6.07, 6.45) is 6.84. The molecule has 1 N–H and O–H groups in total. The highest BCUT2D eigenvalue weighted by atomic mass is 16.5. The molecule has 0 radical (unpaired) electrons. The van der Waals surface area contributed by atoms with Gasteiger partial charge in [0.1, 0.15) is 5.75 Å². The van der Waals surface area contributed by atoms with Crippen LogP contribution in [0, 0.1) is 5.41 Å². The van der Waals surface area contributed by atoms with Crippen LogP contribution in [0.15, 0.2) is 24.3 Å². The maximum absolute atomic E-state index is 9.59. The molecule has 0 amide bonds. The second-order valence-electron chi connectivity index (χ2n) is 6.46. The van der Waals surface area contributed by atoms with Crippen LogP contribution in [0.25, 0.3) is 0 Å². The molecule has 3 nitrogen and oxygen atoms in total. The maximum Gasteiger partial charge on any atom is 0.115 e. The Kier molecular flexibility index (Phi) is 3.99. The minimum absolute atomic E-state index is 0.366. The van der Waals surface area contributed by atoms with Crippen LogP contribution in [-0.2, 0) is 11.3 Å². The van der Waals surface area contributed by atoms with Crippen LogP contribution in [0.1, 0.15) is 37.7 Å². The average Bonchev–Trinajstić information content (AvgIpc) is 2.81. The first-order chi connectivity index (χ1) is 9.72. The normalized spacial score (nSPS) is 30.9. The van der Waals surface area contributed by atoms with Gasteiger partial charge in [-0.2, -0.15) is 0 Å². The van der Waals surface area contributed by atoms with Gasteiger partial charge in [0.2, 0.25) is 0 Å². The number of piperidine rings is 1. The summed E-state index contributed by atoms with van der Waals surface area (Å²) in [6, 6.07) is 7.64. The van der Waals surface area contributed by atoms with Crippen molar-refractivity contribution in [1.29, 1.82) is 0 Å². The molecule has 2 aliphatic rings. The predicted octanol–water partition coefficient (Wildman–Crippen LogP) is 3.17. The highest BCUT2D eigenvalue weighted by Gasteiger charge is 2.45. The number of phenols is 1. The van der Waals surface area contributed by atoms with Gasteiger partial charge in [0.25, 0.3) is 0 Å². The first-order valence-corrected chi connectivity index (χ1v) is 7.75. The van der Waals surface area contributed by atoms with E-state index in [1.807, 2.05) is 19.2 Å². The van der Waals surface area contributed by atoms with Gasteiger partial charge in [-0.3, -0.25) is 4.90 Å². The van der Waals surface area contributed by atoms with E-state index in [9.17, 15) is 5.11 Å². The van der Waals surface area contributed by atoms with Gasteiger partial charge in [0.05, 0.1) is 6.10 Å². The van der Waals surface area contributed by atoms with Crippen molar-refractivity contribution in [3.63, 3.8) is 0 Å². The van der Waals surface area contributed by atoms with Crippen LogP contribution >= 0.6 is 0 Å². The zero-order valence-corrected chi connectivity index (χ0v) is 12.3. The molecule has 3 rings (SSSR count). The summed E-state index contributed by atoms with van der Waals surface area (Å²) >= 11 is 0. The van der Waals surface area contributed by atoms with E-state index in [0.29, 0.717) is 17.3 Å². The van der Waals surface area contributed by atoms with E-state index in [0.717, 1.165) is 19.6 Å². The number of hydrogen-bond acceptors (Lipinski definition) is 3. The highest BCUT2D eigenvalue weighted by Crippen LogP contribution is 2.46. The fourth-order valence-electron chi connectivity index (χ4n) is 4.25. The van der Waals surface area contributed by atoms with Crippen molar-refractivity contribution in [2.24, 2.45) is 5.41 Å². The standard InChI is InChI=1S/C17H25NO2/c1-20-16-7-3-8-17(16)9-4-10-18(13-17)12-14-5-2-6-15(19)11-14/h2,5-6,11,16,19H,3-4,7-10,12-13H2,1H3/t16-,17-/m1/s1. The Labute approximate surface area is 121 Å². The average molecular weight is 275 g/mol. The molecule has 1 spiro atoms. The largest absolute Gasteiger partial charge is 0.508 e. The van der Waals surface area contributed by atoms with E-state index in [2.05, 4.69) is 11.0 Å². The molecule has 0 bridgehead atoms. The van der Waals surface area contributed by atoms with Crippen LogP contribution in [-0.4, -0.2) is 36.3 Å². The number of rotatable bonds is 3. The van der Waals surface area contributed by atoms with E-state index >= 15 is 0 Å². The number of aromatic hydroxyl groups is 1. The van der Waals surface area contributed by atoms with Crippen molar-refractivity contribution in [3.8, 4) is 5.75 Å². The van der Waals surface area contributed by atoms with E-state index in [1.165, 1.54) is 37.7 Å². The van der Waals surface area contributed by atoms with Crippen LogP contribution < -0.4 is 0 Å². The summed E-state index contributed by atoms with van der Waals surface area (Å²) in [6.45, 7) is 3.24. The molecule has 2 fully saturated rings. The topological polar surface area (TPSA) is 32.7 Å². The second kappa shape index (κ2) is 5.74. The molecular weight excluding hydrogens is 250 g/mol. The Balaban J connectivity index is 1.69. The minimum Gasteiger partial charge on any atom is -0.508 e. The SMILES string of the molecule is CO[C@@H]1CCC[C@]12CCCN(Cc1cccc(O)c1)C2. The smallest absolute Gasteiger partial charge is 0.115 e. The summed E-state index contributed by atoms with van der Waals surface area (Å²) in [4.78, 5) is 2.54. The van der Waals surface area contributed by atoms with Crippen molar-refractivity contribution >= 4 is 0 Å². The Morgan fingerprint density at radius 1 is 1.35 bits per heavy atom. The van der Waals surface area contributed by atoms with Crippen molar-refractivity contribution in [1.82, 2.24) is 4.90 Å². The fourth-order valence-corrected chi connectivity index (χ4v) is 4.25. The third-order valence-electron chi connectivity index (χ3n) is 5.11. The lowest BCUT2D eigenvalue weighted by molar-refractivity contribution is -0.0366. The first kappa shape index (κ1) is 13.9.